The van der Waals surface area contributed by atoms with Gasteiger partial charge in [0.25, 0.3) is 0 Å². The second kappa shape index (κ2) is 5.44. The molecule has 5 heteroatoms. The summed E-state index contributed by atoms with van der Waals surface area (Å²) in [5.41, 5.74) is 2.18. The smallest absolute Gasteiger partial charge is 0.325 e. The number of carboxylic acid groups (broad SMARTS) is 1. The molecule has 1 amide bonds. The van der Waals surface area contributed by atoms with Gasteiger partial charge < -0.3 is 10.4 Å². The number of aryl methyl sites for hydroxylation is 1. The summed E-state index contributed by atoms with van der Waals surface area (Å²) >= 11 is 1.56. The third kappa shape index (κ3) is 2.67. The van der Waals surface area contributed by atoms with E-state index in [4.69, 9.17) is 5.11 Å². The van der Waals surface area contributed by atoms with Gasteiger partial charge in [-0.3, -0.25) is 9.59 Å². The highest BCUT2D eigenvalue weighted by molar-refractivity contribution is 8.00. The second-order valence-electron chi connectivity index (χ2n) is 4.27. The fourth-order valence-electron chi connectivity index (χ4n) is 1.96. The number of benzene rings is 1. The summed E-state index contributed by atoms with van der Waals surface area (Å²) in [5.74, 6) is -0.351. The minimum atomic E-state index is -1.02. The Hall–Kier alpha value is -1.49. The molecule has 0 saturated heterocycles. The number of hydrogen-bond acceptors (Lipinski definition) is 3. The summed E-state index contributed by atoms with van der Waals surface area (Å²) in [4.78, 5) is 22.8. The Bertz CT molecular complexity index is 475. The molecule has 2 N–H and O–H groups in total. The number of rotatable bonds is 3. The van der Waals surface area contributed by atoms with Crippen molar-refractivity contribution in [3.8, 4) is 0 Å². The molecule has 1 aliphatic rings. The largest absolute Gasteiger partial charge is 0.480 e. The van der Waals surface area contributed by atoms with Crippen LogP contribution in [0, 0.1) is 0 Å². The lowest BCUT2D eigenvalue weighted by molar-refractivity contribution is -0.141. The monoisotopic (exact) mass is 265 g/mol. The van der Waals surface area contributed by atoms with Crippen molar-refractivity contribution in [2.75, 3.05) is 5.75 Å². The number of carboxylic acids is 1. The van der Waals surface area contributed by atoms with Crippen molar-refractivity contribution in [3.05, 3.63) is 35.4 Å². The molecule has 2 atom stereocenters. The molecule has 0 saturated carbocycles. The maximum Gasteiger partial charge on any atom is 0.325 e. The number of aliphatic carboxylic acids is 1. The summed E-state index contributed by atoms with van der Waals surface area (Å²) < 4.78 is 0. The van der Waals surface area contributed by atoms with Crippen LogP contribution in [0.4, 0.5) is 0 Å². The van der Waals surface area contributed by atoms with Gasteiger partial charge in [-0.25, -0.2) is 0 Å². The first-order chi connectivity index (χ1) is 8.59. The zero-order chi connectivity index (χ0) is 13.1. The molecule has 0 unspecified atom stereocenters. The predicted molar refractivity (Wildman–Crippen MR) is 70.6 cm³/mol. The third-order valence-electron chi connectivity index (χ3n) is 2.96. The van der Waals surface area contributed by atoms with Crippen LogP contribution in [0.2, 0.25) is 0 Å². The quantitative estimate of drug-likeness (QED) is 0.871. The molecule has 4 nitrogen and oxygen atoms in total. The van der Waals surface area contributed by atoms with Crippen LogP contribution in [0.3, 0.4) is 0 Å². The highest BCUT2D eigenvalue weighted by atomic mass is 32.2. The lowest BCUT2D eigenvalue weighted by Crippen LogP contribution is -2.41. The van der Waals surface area contributed by atoms with Crippen molar-refractivity contribution >= 4 is 23.6 Å². The Morgan fingerprint density at radius 1 is 1.44 bits per heavy atom. The highest BCUT2D eigenvalue weighted by Gasteiger charge is 2.28. The van der Waals surface area contributed by atoms with Gasteiger partial charge in [-0.15, -0.1) is 11.8 Å². The first-order valence-corrected chi connectivity index (χ1v) is 6.87. The Morgan fingerprint density at radius 2 is 2.17 bits per heavy atom. The molecule has 0 aliphatic carbocycles. The van der Waals surface area contributed by atoms with Gasteiger partial charge in [0.1, 0.15) is 11.3 Å². The maximum absolute atomic E-state index is 12.1. The van der Waals surface area contributed by atoms with Gasteiger partial charge in [0.2, 0.25) is 5.91 Å². The first-order valence-electron chi connectivity index (χ1n) is 5.82. The average molecular weight is 265 g/mol. The summed E-state index contributed by atoms with van der Waals surface area (Å²) in [6, 6.07) is 6.98. The Kier molecular flexibility index (Phi) is 3.91. The minimum Gasteiger partial charge on any atom is -0.480 e. The fourth-order valence-corrected chi connectivity index (χ4v) is 3.16. The fraction of sp³-hybridized carbons (Fsp3) is 0.385. The van der Waals surface area contributed by atoms with Crippen LogP contribution < -0.4 is 5.32 Å². The highest BCUT2D eigenvalue weighted by Crippen LogP contribution is 2.36. The normalized spacial score (nSPS) is 19.7. The molecule has 2 rings (SSSR count). The second-order valence-corrected chi connectivity index (χ2v) is 5.48. The molecule has 96 valence electrons. The molecule has 0 bridgehead atoms. The van der Waals surface area contributed by atoms with Crippen LogP contribution in [-0.2, 0) is 16.0 Å². The Labute approximate surface area is 110 Å². The van der Waals surface area contributed by atoms with Gasteiger partial charge in [0.15, 0.2) is 0 Å². The lowest BCUT2D eigenvalue weighted by atomic mass is 10.0. The van der Waals surface area contributed by atoms with Gasteiger partial charge in [0, 0.05) is 0 Å². The summed E-state index contributed by atoms with van der Waals surface area (Å²) in [6.07, 6.45) is 0.957. The SMILES string of the molecule is C[C@@H](NC(=O)[C@H]1SCCc2ccccc21)C(=O)O. The van der Waals surface area contributed by atoms with Crippen molar-refractivity contribution in [1.29, 1.82) is 0 Å². The van der Waals surface area contributed by atoms with Crippen LogP contribution in [-0.4, -0.2) is 28.8 Å². The van der Waals surface area contributed by atoms with Gasteiger partial charge >= 0.3 is 5.97 Å². The van der Waals surface area contributed by atoms with E-state index in [9.17, 15) is 9.59 Å². The molecule has 1 heterocycles. The number of nitrogens with one attached hydrogen (secondary N) is 1. The molecule has 1 aromatic carbocycles. The maximum atomic E-state index is 12.1. The number of hydrogen-bond donors (Lipinski definition) is 2. The van der Waals surface area contributed by atoms with E-state index in [1.165, 1.54) is 12.5 Å². The van der Waals surface area contributed by atoms with E-state index in [1.54, 1.807) is 11.8 Å². The average Bonchev–Trinajstić information content (AvgIpc) is 2.37. The molecule has 0 fully saturated rings. The van der Waals surface area contributed by atoms with Crippen LogP contribution >= 0.6 is 11.8 Å². The van der Waals surface area contributed by atoms with E-state index < -0.39 is 12.0 Å². The summed E-state index contributed by atoms with van der Waals surface area (Å²) in [5, 5.41) is 11.0. The van der Waals surface area contributed by atoms with E-state index in [1.807, 2.05) is 24.3 Å². The number of thioether (sulfide) groups is 1. The number of fused-ring (bicyclic) bond motifs is 1. The van der Waals surface area contributed by atoms with Crippen LogP contribution in [0.15, 0.2) is 24.3 Å². The molecular formula is C13H15NO3S. The molecule has 1 aliphatic heterocycles. The topological polar surface area (TPSA) is 66.4 Å². The van der Waals surface area contributed by atoms with Gasteiger partial charge in [-0.1, -0.05) is 24.3 Å². The molecule has 0 aromatic heterocycles. The zero-order valence-corrected chi connectivity index (χ0v) is 10.9. The molecular weight excluding hydrogens is 250 g/mol. The molecule has 1 aromatic rings. The van der Waals surface area contributed by atoms with Crippen LogP contribution in [0.5, 0.6) is 0 Å². The Balaban J connectivity index is 2.15. The van der Waals surface area contributed by atoms with Gasteiger partial charge in [-0.05, 0) is 30.2 Å². The molecule has 18 heavy (non-hydrogen) atoms. The van der Waals surface area contributed by atoms with Crippen molar-refractivity contribution in [1.82, 2.24) is 5.32 Å². The summed E-state index contributed by atoms with van der Waals surface area (Å²) in [7, 11) is 0. The van der Waals surface area contributed by atoms with Gasteiger partial charge in [0.05, 0.1) is 0 Å². The lowest BCUT2D eigenvalue weighted by Gasteiger charge is -2.25. The minimum absolute atomic E-state index is 0.220. The van der Waals surface area contributed by atoms with Crippen LogP contribution in [0.25, 0.3) is 0 Å². The van der Waals surface area contributed by atoms with E-state index >= 15 is 0 Å². The van der Waals surface area contributed by atoms with E-state index in [-0.39, 0.29) is 11.2 Å². The molecule has 0 radical (unpaired) electrons. The van der Waals surface area contributed by atoms with E-state index in [0.29, 0.717) is 0 Å². The predicted octanol–water partition coefficient (Wildman–Crippen LogP) is 1.61. The van der Waals surface area contributed by atoms with E-state index in [0.717, 1.165) is 17.7 Å². The van der Waals surface area contributed by atoms with Crippen molar-refractivity contribution in [3.63, 3.8) is 0 Å². The first kappa shape index (κ1) is 13.0. The van der Waals surface area contributed by atoms with Crippen molar-refractivity contribution in [2.24, 2.45) is 0 Å². The third-order valence-corrected chi connectivity index (χ3v) is 4.20. The Morgan fingerprint density at radius 3 is 2.89 bits per heavy atom. The number of carbonyl (C=O) groups is 2. The standard InChI is InChI=1S/C13H15NO3S/c1-8(13(16)17)14-12(15)11-10-5-3-2-4-9(10)6-7-18-11/h2-5,8,11H,6-7H2,1H3,(H,14,15)(H,16,17)/t8-,11+/m1/s1. The number of amides is 1. The zero-order valence-electron chi connectivity index (χ0n) is 10.1. The summed E-state index contributed by atoms with van der Waals surface area (Å²) in [6.45, 7) is 1.47. The van der Waals surface area contributed by atoms with Crippen molar-refractivity contribution in [2.45, 2.75) is 24.6 Å². The van der Waals surface area contributed by atoms with Gasteiger partial charge in [-0.2, -0.15) is 0 Å². The van der Waals surface area contributed by atoms with Crippen molar-refractivity contribution < 1.29 is 14.7 Å². The number of carbonyl (C=O) groups excluding carboxylic acids is 1. The molecule has 0 spiro atoms. The van der Waals surface area contributed by atoms with Crippen LogP contribution in [0.1, 0.15) is 23.3 Å². The van der Waals surface area contributed by atoms with E-state index in [2.05, 4.69) is 5.32 Å².